The molecule has 1 aliphatic carbocycles. The third-order valence-corrected chi connectivity index (χ3v) is 5.18. The molecule has 2 atom stereocenters. The summed E-state index contributed by atoms with van der Waals surface area (Å²) in [5.41, 5.74) is 0.534. The Kier molecular flexibility index (Phi) is 5.76. The van der Waals surface area contributed by atoms with Gasteiger partial charge in [-0.2, -0.15) is 19.0 Å². The van der Waals surface area contributed by atoms with Gasteiger partial charge in [-0.3, -0.25) is 0 Å². The second-order valence-corrected chi connectivity index (χ2v) is 7.35. The first-order valence-corrected chi connectivity index (χ1v) is 9.79. The number of hydrogen-bond donors (Lipinski definition) is 1. The molecule has 1 aliphatic rings. The molecule has 10 heteroatoms. The van der Waals surface area contributed by atoms with Gasteiger partial charge in [0.15, 0.2) is 11.6 Å². The molecule has 0 aliphatic heterocycles. The summed E-state index contributed by atoms with van der Waals surface area (Å²) in [6.45, 7) is -1.28. The molecular formula is C20H22F3N5O2. The van der Waals surface area contributed by atoms with Crippen LogP contribution in [0.5, 0.6) is 5.75 Å². The standard InChI is InChI=1S/C20H22F3N5O2/c1-12-9-15(25-27(12)20(22)23)19-24-18(11-30-14-6-4-5-13(21)10-14)26-28(19)16-7-2-3-8-17(16)29/h4-6,9-10,16-17,20,29H,2-3,7-8,11H2,1H3/t16-,17-/m1/s1. The summed E-state index contributed by atoms with van der Waals surface area (Å²) in [5.74, 6) is 0.478. The van der Waals surface area contributed by atoms with E-state index in [4.69, 9.17) is 4.74 Å². The van der Waals surface area contributed by atoms with Crippen LogP contribution in [0.25, 0.3) is 11.5 Å². The number of hydrogen-bond acceptors (Lipinski definition) is 5. The van der Waals surface area contributed by atoms with Crippen LogP contribution < -0.4 is 4.74 Å². The maximum absolute atomic E-state index is 13.4. The van der Waals surface area contributed by atoms with Gasteiger partial charge in [0, 0.05) is 11.8 Å². The molecule has 4 rings (SSSR count). The lowest BCUT2D eigenvalue weighted by atomic mass is 9.92. The second-order valence-electron chi connectivity index (χ2n) is 7.35. The minimum absolute atomic E-state index is 0.0409. The predicted octanol–water partition coefficient (Wildman–Crippen LogP) is 4.04. The number of nitrogens with zero attached hydrogens (tertiary/aromatic N) is 5. The Morgan fingerprint density at radius 3 is 2.70 bits per heavy atom. The van der Waals surface area contributed by atoms with Crippen LogP contribution in [0.15, 0.2) is 30.3 Å². The normalized spacial score (nSPS) is 19.4. The van der Waals surface area contributed by atoms with Crippen molar-refractivity contribution in [2.75, 3.05) is 0 Å². The Morgan fingerprint density at radius 1 is 1.20 bits per heavy atom. The highest BCUT2D eigenvalue weighted by molar-refractivity contribution is 5.50. The topological polar surface area (TPSA) is 78.0 Å². The van der Waals surface area contributed by atoms with Crippen molar-refractivity contribution in [1.82, 2.24) is 24.5 Å². The van der Waals surface area contributed by atoms with Crippen LogP contribution in [0, 0.1) is 12.7 Å². The van der Waals surface area contributed by atoms with Gasteiger partial charge in [0.25, 0.3) is 0 Å². The third-order valence-electron chi connectivity index (χ3n) is 5.18. The molecule has 1 fully saturated rings. The molecule has 7 nitrogen and oxygen atoms in total. The van der Waals surface area contributed by atoms with Crippen LogP contribution in [0.3, 0.4) is 0 Å². The van der Waals surface area contributed by atoms with E-state index in [1.165, 1.54) is 31.2 Å². The van der Waals surface area contributed by atoms with Crippen molar-refractivity contribution in [3.8, 4) is 17.3 Å². The van der Waals surface area contributed by atoms with E-state index >= 15 is 0 Å². The molecule has 30 heavy (non-hydrogen) atoms. The lowest BCUT2D eigenvalue weighted by Gasteiger charge is -2.28. The number of aliphatic hydroxyl groups excluding tert-OH is 1. The summed E-state index contributed by atoms with van der Waals surface area (Å²) < 4.78 is 47.5. The summed E-state index contributed by atoms with van der Waals surface area (Å²) in [5, 5.41) is 18.9. The molecule has 0 unspecified atom stereocenters. The minimum atomic E-state index is -2.77. The summed E-state index contributed by atoms with van der Waals surface area (Å²) in [6.07, 6.45) is 2.53. The molecule has 0 radical (unpaired) electrons. The van der Waals surface area contributed by atoms with E-state index < -0.39 is 18.5 Å². The van der Waals surface area contributed by atoms with E-state index in [0.717, 1.165) is 12.8 Å². The van der Waals surface area contributed by atoms with Gasteiger partial charge in [-0.1, -0.05) is 18.9 Å². The Morgan fingerprint density at radius 2 is 2.00 bits per heavy atom. The quantitative estimate of drug-likeness (QED) is 0.650. The number of aryl methyl sites for hydroxylation is 1. The highest BCUT2D eigenvalue weighted by Gasteiger charge is 2.30. The number of aromatic nitrogens is 5. The van der Waals surface area contributed by atoms with Crippen molar-refractivity contribution < 1.29 is 23.0 Å². The lowest BCUT2D eigenvalue weighted by molar-refractivity contribution is 0.0544. The molecular weight excluding hydrogens is 399 g/mol. The SMILES string of the molecule is Cc1cc(-c2nc(COc3cccc(F)c3)nn2[C@@H]2CCCC[C@H]2O)nn1C(F)F. The molecule has 0 spiro atoms. The van der Waals surface area contributed by atoms with E-state index in [2.05, 4.69) is 15.2 Å². The summed E-state index contributed by atoms with van der Waals surface area (Å²) in [7, 11) is 0. The summed E-state index contributed by atoms with van der Waals surface area (Å²) in [4.78, 5) is 4.44. The highest BCUT2D eigenvalue weighted by atomic mass is 19.3. The highest BCUT2D eigenvalue weighted by Crippen LogP contribution is 2.32. The van der Waals surface area contributed by atoms with E-state index in [0.29, 0.717) is 29.1 Å². The molecule has 1 aromatic carbocycles. The fourth-order valence-electron chi connectivity index (χ4n) is 3.71. The zero-order valence-electron chi connectivity index (χ0n) is 16.4. The Bertz CT molecular complexity index is 1020. The first-order valence-electron chi connectivity index (χ1n) is 9.79. The van der Waals surface area contributed by atoms with Crippen LogP contribution >= 0.6 is 0 Å². The third kappa shape index (κ3) is 4.18. The van der Waals surface area contributed by atoms with Gasteiger partial charge in [-0.15, -0.1) is 0 Å². The van der Waals surface area contributed by atoms with Crippen molar-refractivity contribution >= 4 is 0 Å². The smallest absolute Gasteiger partial charge is 0.333 e. The largest absolute Gasteiger partial charge is 0.485 e. The monoisotopic (exact) mass is 421 g/mol. The Labute approximate surface area is 171 Å². The fraction of sp³-hybridized carbons (Fsp3) is 0.450. The number of alkyl halides is 2. The van der Waals surface area contributed by atoms with E-state index in [1.807, 2.05) is 0 Å². The Balaban J connectivity index is 1.67. The van der Waals surface area contributed by atoms with Crippen LogP contribution in [0.2, 0.25) is 0 Å². The molecule has 0 bridgehead atoms. The number of rotatable bonds is 6. The predicted molar refractivity (Wildman–Crippen MR) is 101 cm³/mol. The van der Waals surface area contributed by atoms with Gasteiger partial charge in [-0.05, 0) is 38.0 Å². The molecule has 160 valence electrons. The van der Waals surface area contributed by atoms with Crippen LogP contribution in [-0.4, -0.2) is 35.8 Å². The summed E-state index contributed by atoms with van der Waals surface area (Å²) >= 11 is 0. The van der Waals surface area contributed by atoms with Crippen molar-refractivity contribution in [3.05, 3.63) is 47.7 Å². The van der Waals surface area contributed by atoms with Crippen molar-refractivity contribution in [2.45, 2.75) is 57.9 Å². The summed E-state index contributed by atoms with van der Waals surface area (Å²) in [6, 6.07) is 6.88. The number of aliphatic hydroxyl groups is 1. The van der Waals surface area contributed by atoms with E-state index in [-0.39, 0.29) is 29.9 Å². The maximum atomic E-state index is 13.4. The van der Waals surface area contributed by atoms with Gasteiger partial charge in [-0.25, -0.2) is 18.7 Å². The first kappa shape index (κ1) is 20.4. The first-order chi connectivity index (χ1) is 14.4. The van der Waals surface area contributed by atoms with Gasteiger partial charge >= 0.3 is 6.55 Å². The minimum Gasteiger partial charge on any atom is -0.485 e. The number of halogens is 3. The van der Waals surface area contributed by atoms with Gasteiger partial charge < -0.3 is 9.84 Å². The zero-order chi connectivity index (χ0) is 21.3. The van der Waals surface area contributed by atoms with Gasteiger partial charge in [0.2, 0.25) is 0 Å². The molecule has 3 aromatic rings. The van der Waals surface area contributed by atoms with Crippen molar-refractivity contribution in [1.29, 1.82) is 0 Å². The van der Waals surface area contributed by atoms with Crippen molar-refractivity contribution in [3.63, 3.8) is 0 Å². The number of ether oxygens (including phenoxy) is 1. The molecule has 2 aromatic heterocycles. The average Bonchev–Trinajstić information content (AvgIpc) is 3.30. The van der Waals surface area contributed by atoms with Gasteiger partial charge in [0.05, 0.1) is 12.1 Å². The lowest BCUT2D eigenvalue weighted by Crippen LogP contribution is -2.29. The second kappa shape index (κ2) is 8.47. The van der Waals surface area contributed by atoms with Gasteiger partial charge in [0.1, 0.15) is 23.9 Å². The average molecular weight is 421 g/mol. The van der Waals surface area contributed by atoms with Crippen molar-refractivity contribution in [2.24, 2.45) is 0 Å². The Hall–Kier alpha value is -2.88. The van der Waals surface area contributed by atoms with Crippen LogP contribution in [0.1, 0.15) is 49.8 Å². The van der Waals surface area contributed by atoms with Crippen LogP contribution in [0.4, 0.5) is 13.2 Å². The molecule has 1 N–H and O–H groups in total. The fourth-order valence-corrected chi connectivity index (χ4v) is 3.71. The molecule has 2 heterocycles. The molecule has 0 amide bonds. The number of benzene rings is 1. The van der Waals surface area contributed by atoms with Crippen LogP contribution in [-0.2, 0) is 6.61 Å². The van der Waals surface area contributed by atoms with E-state index in [1.54, 1.807) is 10.7 Å². The molecule has 0 saturated heterocycles. The van der Waals surface area contributed by atoms with E-state index in [9.17, 15) is 18.3 Å². The molecule has 1 saturated carbocycles. The zero-order valence-corrected chi connectivity index (χ0v) is 16.4. The maximum Gasteiger partial charge on any atom is 0.333 e.